The Bertz CT molecular complexity index is 478. The number of fused-ring (bicyclic) bond motifs is 1. The molecule has 2 rings (SSSR count). The summed E-state index contributed by atoms with van der Waals surface area (Å²) in [6.07, 6.45) is 1.69. The van der Waals surface area contributed by atoms with Crippen LogP contribution in [0.15, 0.2) is 36.9 Å². The Balaban J connectivity index is 2.44. The fourth-order valence-corrected chi connectivity index (χ4v) is 2.49. The molecule has 1 aliphatic rings. The first-order valence-corrected chi connectivity index (χ1v) is 5.73. The van der Waals surface area contributed by atoms with Crippen LogP contribution in [0.1, 0.15) is 10.8 Å². The average molecular weight is 230 g/mol. The normalized spacial score (nSPS) is 18.1. The summed E-state index contributed by atoms with van der Waals surface area (Å²) >= 11 is 0.999. The number of anilines is 1. The van der Waals surface area contributed by atoms with E-state index in [1.54, 1.807) is 11.0 Å². The van der Waals surface area contributed by atoms with Gasteiger partial charge in [0.2, 0.25) is 5.91 Å². The summed E-state index contributed by atoms with van der Waals surface area (Å²) in [5.41, 5.74) is 1.81. The van der Waals surface area contributed by atoms with Crippen molar-refractivity contribution in [2.75, 3.05) is 11.4 Å². The zero-order valence-electron chi connectivity index (χ0n) is 8.59. The Morgan fingerprint density at radius 3 is 3.00 bits per heavy atom. The highest BCUT2D eigenvalue weighted by Crippen LogP contribution is 2.42. The SMILES string of the molecule is C=CCN1C(=O)C(SC#N)c2ccccc21. The lowest BCUT2D eigenvalue weighted by Gasteiger charge is -2.14. The zero-order valence-corrected chi connectivity index (χ0v) is 9.41. The van der Waals surface area contributed by atoms with E-state index in [-0.39, 0.29) is 11.2 Å². The van der Waals surface area contributed by atoms with Crippen LogP contribution in [0, 0.1) is 10.7 Å². The second-order valence-corrected chi connectivity index (χ2v) is 4.28. The van der Waals surface area contributed by atoms with Crippen LogP contribution in [0.25, 0.3) is 0 Å². The molecule has 0 aromatic heterocycles. The highest BCUT2D eigenvalue weighted by Gasteiger charge is 2.36. The number of carbonyl (C=O) groups is 1. The summed E-state index contributed by atoms with van der Waals surface area (Å²) in [6, 6.07) is 7.57. The molecule has 1 heterocycles. The first-order chi connectivity index (χ1) is 7.79. The van der Waals surface area contributed by atoms with E-state index >= 15 is 0 Å². The lowest BCUT2D eigenvalue weighted by atomic mass is 10.1. The minimum Gasteiger partial charge on any atom is -0.307 e. The van der Waals surface area contributed by atoms with Gasteiger partial charge in [-0.2, -0.15) is 5.26 Å². The summed E-state index contributed by atoms with van der Waals surface area (Å²) in [5.74, 6) is -0.0346. The molecule has 16 heavy (non-hydrogen) atoms. The molecular formula is C12H10N2OS. The molecule has 1 atom stereocenters. The van der Waals surface area contributed by atoms with Crippen LogP contribution in [-0.4, -0.2) is 12.5 Å². The number of thiocyanates is 1. The van der Waals surface area contributed by atoms with E-state index in [0.29, 0.717) is 6.54 Å². The highest BCUT2D eigenvalue weighted by atomic mass is 32.2. The Labute approximate surface area is 98.4 Å². The van der Waals surface area contributed by atoms with Gasteiger partial charge in [0, 0.05) is 12.2 Å². The number of para-hydroxylation sites is 1. The second-order valence-electron chi connectivity index (χ2n) is 3.39. The Kier molecular flexibility index (Phi) is 2.97. The van der Waals surface area contributed by atoms with Gasteiger partial charge in [-0.1, -0.05) is 24.3 Å². The molecule has 1 aromatic rings. The molecule has 1 amide bonds. The number of carbonyl (C=O) groups excluding carboxylic acids is 1. The Hall–Kier alpha value is -1.73. The molecule has 1 aliphatic heterocycles. The minimum atomic E-state index is -0.388. The quantitative estimate of drug-likeness (QED) is 0.592. The number of amides is 1. The van der Waals surface area contributed by atoms with E-state index in [0.717, 1.165) is 23.0 Å². The number of nitriles is 1. The molecule has 0 radical (unpaired) electrons. The van der Waals surface area contributed by atoms with Gasteiger partial charge in [-0.15, -0.1) is 6.58 Å². The van der Waals surface area contributed by atoms with Gasteiger partial charge in [0.05, 0.1) is 0 Å². The van der Waals surface area contributed by atoms with E-state index < -0.39 is 0 Å². The standard InChI is InChI=1S/C12H10N2OS/c1-2-7-14-10-6-4-3-5-9(10)11(12(14)15)16-8-13/h2-6,11H,1,7H2. The van der Waals surface area contributed by atoms with Crippen molar-refractivity contribution in [3.8, 4) is 5.40 Å². The molecule has 1 aromatic carbocycles. The summed E-state index contributed by atoms with van der Waals surface area (Å²) in [7, 11) is 0. The van der Waals surface area contributed by atoms with Crippen LogP contribution in [0.3, 0.4) is 0 Å². The van der Waals surface area contributed by atoms with Crippen molar-refractivity contribution in [3.05, 3.63) is 42.5 Å². The smallest absolute Gasteiger partial charge is 0.246 e. The zero-order chi connectivity index (χ0) is 11.5. The fourth-order valence-electron chi connectivity index (χ4n) is 1.83. The maximum atomic E-state index is 12.0. The summed E-state index contributed by atoms with van der Waals surface area (Å²) in [6.45, 7) is 4.12. The molecule has 4 heteroatoms. The third-order valence-corrected chi connectivity index (χ3v) is 3.28. The van der Waals surface area contributed by atoms with Crippen molar-refractivity contribution in [1.82, 2.24) is 0 Å². The van der Waals surface area contributed by atoms with Crippen molar-refractivity contribution in [2.24, 2.45) is 0 Å². The van der Waals surface area contributed by atoms with Crippen LogP contribution in [0.2, 0.25) is 0 Å². The van der Waals surface area contributed by atoms with Crippen LogP contribution in [-0.2, 0) is 4.79 Å². The molecule has 3 nitrogen and oxygen atoms in total. The molecule has 1 unspecified atom stereocenters. The number of hydrogen-bond acceptors (Lipinski definition) is 3. The van der Waals surface area contributed by atoms with Gasteiger partial charge in [-0.05, 0) is 23.4 Å². The Morgan fingerprint density at radius 2 is 2.31 bits per heavy atom. The van der Waals surface area contributed by atoms with E-state index in [1.165, 1.54) is 0 Å². The number of benzene rings is 1. The third kappa shape index (κ3) is 1.59. The molecule has 0 spiro atoms. The predicted molar refractivity (Wildman–Crippen MR) is 64.9 cm³/mol. The van der Waals surface area contributed by atoms with Gasteiger partial charge in [0.15, 0.2) is 0 Å². The van der Waals surface area contributed by atoms with Crippen LogP contribution < -0.4 is 4.90 Å². The second kappa shape index (κ2) is 4.42. The lowest BCUT2D eigenvalue weighted by molar-refractivity contribution is -0.117. The molecule has 0 saturated carbocycles. The number of thioether (sulfide) groups is 1. The van der Waals surface area contributed by atoms with Crippen molar-refractivity contribution in [3.63, 3.8) is 0 Å². The topological polar surface area (TPSA) is 44.1 Å². The van der Waals surface area contributed by atoms with Crippen molar-refractivity contribution >= 4 is 23.4 Å². The monoisotopic (exact) mass is 230 g/mol. The molecule has 0 saturated heterocycles. The van der Waals surface area contributed by atoms with Gasteiger partial charge in [-0.25, -0.2) is 0 Å². The third-order valence-electron chi connectivity index (χ3n) is 2.48. The fraction of sp³-hybridized carbons (Fsp3) is 0.167. The summed E-state index contributed by atoms with van der Waals surface area (Å²) < 4.78 is 0. The van der Waals surface area contributed by atoms with Crippen LogP contribution >= 0.6 is 11.8 Å². The summed E-state index contributed by atoms with van der Waals surface area (Å²) in [4.78, 5) is 13.7. The molecule has 0 aliphatic carbocycles. The highest BCUT2D eigenvalue weighted by molar-refractivity contribution is 8.04. The van der Waals surface area contributed by atoms with Crippen molar-refractivity contribution in [1.29, 1.82) is 5.26 Å². The number of nitrogens with zero attached hydrogens (tertiary/aromatic N) is 2. The minimum absolute atomic E-state index is 0.0346. The molecule has 0 fully saturated rings. The van der Waals surface area contributed by atoms with E-state index in [1.807, 2.05) is 29.7 Å². The van der Waals surface area contributed by atoms with Crippen LogP contribution in [0.5, 0.6) is 0 Å². The van der Waals surface area contributed by atoms with Gasteiger partial charge in [-0.3, -0.25) is 4.79 Å². The van der Waals surface area contributed by atoms with E-state index in [9.17, 15) is 4.79 Å². The van der Waals surface area contributed by atoms with Gasteiger partial charge < -0.3 is 4.90 Å². The molecule has 80 valence electrons. The Morgan fingerprint density at radius 1 is 1.56 bits per heavy atom. The first-order valence-electron chi connectivity index (χ1n) is 4.85. The van der Waals surface area contributed by atoms with Gasteiger partial charge in [0.25, 0.3) is 0 Å². The van der Waals surface area contributed by atoms with E-state index in [4.69, 9.17) is 5.26 Å². The summed E-state index contributed by atoms with van der Waals surface area (Å²) in [5, 5.41) is 10.3. The maximum Gasteiger partial charge on any atom is 0.246 e. The maximum absolute atomic E-state index is 12.0. The van der Waals surface area contributed by atoms with Gasteiger partial charge in [0.1, 0.15) is 10.7 Å². The first kappa shape index (κ1) is 10.8. The average Bonchev–Trinajstić information content (AvgIpc) is 2.56. The number of rotatable bonds is 3. The lowest BCUT2D eigenvalue weighted by Crippen LogP contribution is -2.27. The van der Waals surface area contributed by atoms with Crippen molar-refractivity contribution in [2.45, 2.75) is 5.25 Å². The van der Waals surface area contributed by atoms with Gasteiger partial charge >= 0.3 is 0 Å². The molecule has 0 bridgehead atoms. The molecule has 0 N–H and O–H groups in total. The van der Waals surface area contributed by atoms with Crippen molar-refractivity contribution < 1.29 is 4.79 Å². The predicted octanol–water partition coefficient (Wildman–Crippen LogP) is 2.47. The largest absolute Gasteiger partial charge is 0.307 e. The van der Waals surface area contributed by atoms with E-state index in [2.05, 4.69) is 6.58 Å². The number of hydrogen-bond donors (Lipinski definition) is 0. The van der Waals surface area contributed by atoms with Crippen LogP contribution in [0.4, 0.5) is 5.69 Å². The molecular weight excluding hydrogens is 220 g/mol.